The van der Waals surface area contributed by atoms with Gasteiger partial charge in [-0.1, -0.05) is 51.1 Å². The van der Waals surface area contributed by atoms with Gasteiger partial charge in [-0.05, 0) is 23.8 Å². The fourth-order valence-corrected chi connectivity index (χ4v) is 2.98. The van der Waals surface area contributed by atoms with E-state index in [2.05, 4.69) is 0 Å². The van der Waals surface area contributed by atoms with Crippen molar-refractivity contribution < 1.29 is 14.3 Å². The Morgan fingerprint density at radius 1 is 1.30 bits per heavy atom. The highest BCUT2D eigenvalue weighted by atomic mass is 16.5. The first-order chi connectivity index (χ1) is 9.40. The molecule has 0 N–H and O–H groups in total. The van der Waals surface area contributed by atoms with Crippen molar-refractivity contribution in [2.75, 3.05) is 0 Å². The number of esters is 1. The molecule has 1 aliphatic rings. The summed E-state index contributed by atoms with van der Waals surface area (Å²) in [6, 6.07) is 9.64. The average Bonchev–Trinajstić information content (AvgIpc) is 2.69. The standard InChI is InChI=1S/C17H22O3/c1-16(2)14(9-10-17(16,3)12-18)15(19)20-11-13-7-5-4-6-8-13/h4-8,12,14H,9-11H2,1-3H3/t14-,17+/m1/s1. The third-order valence-electron chi connectivity index (χ3n) is 5.06. The van der Waals surface area contributed by atoms with Crippen LogP contribution in [0.1, 0.15) is 39.2 Å². The van der Waals surface area contributed by atoms with Crippen LogP contribution in [0.4, 0.5) is 0 Å². The largest absolute Gasteiger partial charge is 0.461 e. The van der Waals surface area contributed by atoms with E-state index in [1.807, 2.05) is 51.1 Å². The van der Waals surface area contributed by atoms with Crippen LogP contribution in [0.3, 0.4) is 0 Å². The minimum Gasteiger partial charge on any atom is -0.461 e. The van der Waals surface area contributed by atoms with Gasteiger partial charge in [0.2, 0.25) is 0 Å². The molecule has 20 heavy (non-hydrogen) atoms. The van der Waals surface area contributed by atoms with Gasteiger partial charge in [0.1, 0.15) is 12.9 Å². The second kappa shape index (κ2) is 5.39. The molecule has 0 heterocycles. The first kappa shape index (κ1) is 14.8. The Bertz CT molecular complexity index is 492. The molecule has 1 saturated carbocycles. The van der Waals surface area contributed by atoms with Gasteiger partial charge in [0, 0.05) is 5.41 Å². The normalized spacial score (nSPS) is 28.1. The highest BCUT2D eigenvalue weighted by Gasteiger charge is 2.54. The maximum Gasteiger partial charge on any atom is 0.309 e. The van der Waals surface area contributed by atoms with Gasteiger partial charge in [-0.3, -0.25) is 4.79 Å². The number of hydrogen-bond donors (Lipinski definition) is 0. The van der Waals surface area contributed by atoms with Crippen LogP contribution in [0.15, 0.2) is 30.3 Å². The number of hydrogen-bond acceptors (Lipinski definition) is 3. The maximum atomic E-state index is 12.3. The lowest BCUT2D eigenvalue weighted by atomic mass is 9.66. The summed E-state index contributed by atoms with van der Waals surface area (Å²) in [6.45, 7) is 6.21. The monoisotopic (exact) mass is 274 g/mol. The summed E-state index contributed by atoms with van der Waals surface area (Å²) in [5.74, 6) is -0.397. The molecule has 108 valence electrons. The van der Waals surface area contributed by atoms with E-state index in [9.17, 15) is 9.59 Å². The topological polar surface area (TPSA) is 43.4 Å². The number of benzene rings is 1. The van der Waals surface area contributed by atoms with Crippen molar-refractivity contribution in [2.24, 2.45) is 16.7 Å². The summed E-state index contributed by atoms with van der Waals surface area (Å²) in [5, 5.41) is 0. The lowest BCUT2D eigenvalue weighted by molar-refractivity contribution is -0.154. The van der Waals surface area contributed by atoms with Crippen molar-refractivity contribution in [3.05, 3.63) is 35.9 Å². The molecule has 2 rings (SSSR count). The van der Waals surface area contributed by atoms with E-state index in [-0.39, 0.29) is 17.3 Å². The molecule has 0 aromatic heterocycles. The average molecular weight is 274 g/mol. The molecule has 1 aromatic carbocycles. The predicted molar refractivity (Wildman–Crippen MR) is 76.9 cm³/mol. The van der Waals surface area contributed by atoms with Crippen molar-refractivity contribution in [2.45, 2.75) is 40.2 Å². The van der Waals surface area contributed by atoms with Crippen LogP contribution < -0.4 is 0 Å². The number of carbonyl (C=O) groups excluding carboxylic acids is 2. The van der Waals surface area contributed by atoms with Crippen LogP contribution in [0.2, 0.25) is 0 Å². The number of ether oxygens (including phenoxy) is 1. The highest BCUT2D eigenvalue weighted by molar-refractivity contribution is 5.76. The molecule has 2 atom stereocenters. The fraction of sp³-hybridized carbons (Fsp3) is 0.529. The molecule has 0 spiro atoms. The van der Waals surface area contributed by atoms with E-state index in [0.717, 1.165) is 24.7 Å². The highest BCUT2D eigenvalue weighted by Crippen LogP contribution is 2.55. The minimum absolute atomic E-state index is 0.190. The maximum absolute atomic E-state index is 12.3. The van der Waals surface area contributed by atoms with E-state index < -0.39 is 5.41 Å². The molecule has 1 aliphatic carbocycles. The predicted octanol–water partition coefficient (Wildman–Crippen LogP) is 3.37. The second-order valence-corrected chi connectivity index (χ2v) is 6.44. The zero-order chi connectivity index (χ0) is 14.8. The lowest BCUT2D eigenvalue weighted by Crippen LogP contribution is -2.39. The minimum atomic E-state index is -0.441. The van der Waals surface area contributed by atoms with Crippen molar-refractivity contribution in [1.29, 1.82) is 0 Å². The molecule has 0 amide bonds. The quantitative estimate of drug-likeness (QED) is 0.624. The summed E-state index contributed by atoms with van der Waals surface area (Å²) in [5.41, 5.74) is 0.182. The van der Waals surface area contributed by atoms with Gasteiger partial charge in [0.05, 0.1) is 5.92 Å². The molecule has 3 heteroatoms. The second-order valence-electron chi connectivity index (χ2n) is 6.44. The Balaban J connectivity index is 2.02. The zero-order valence-electron chi connectivity index (χ0n) is 12.4. The van der Waals surface area contributed by atoms with Gasteiger partial charge in [-0.2, -0.15) is 0 Å². The molecule has 1 aromatic rings. The fourth-order valence-electron chi connectivity index (χ4n) is 2.98. The summed E-state index contributed by atoms with van der Waals surface area (Å²) in [6.07, 6.45) is 2.46. The van der Waals surface area contributed by atoms with E-state index in [1.165, 1.54) is 0 Å². The Morgan fingerprint density at radius 3 is 2.50 bits per heavy atom. The van der Waals surface area contributed by atoms with Crippen molar-refractivity contribution in [3.63, 3.8) is 0 Å². The van der Waals surface area contributed by atoms with Gasteiger partial charge in [0.15, 0.2) is 0 Å². The molecule has 0 aliphatic heterocycles. The summed E-state index contributed by atoms with van der Waals surface area (Å²) < 4.78 is 5.43. The van der Waals surface area contributed by atoms with E-state index in [1.54, 1.807) is 0 Å². The van der Waals surface area contributed by atoms with E-state index >= 15 is 0 Å². The first-order valence-corrected chi connectivity index (χ1v) is 7.07. The van der Waals surface area contributed by atoms with Crippen LogP contribution in [-0.2, 0) is 20.9 Å². The third-order valence-corrected chi connectivity index (χ3v) is 5.06. The molecular weight excluding hydrogens is 252 g/mol. The van der Waals surface area contributed by atoms with E-state index in [4.69, 9.17) is 4.74 Å². The number of rotatable bonds is 4. The van der Waals surface area contributed by atoms with Crippen LogP contribution in [0.5, 0.6) is 0 Å². The lowest BCUT2D eigenvalue weighted by Gasteiger charge is -2.36. The summed E-state index contributed by atoms with van der Waals surface area (Å²) in [7, 11) is 0. The zero-order valence-corrected chi connectivity index (χ0v) is 12.4. The third kappa shape index (κ3) is 2.49. The summed E-state index contributed by atoms with van der Waals surface area (Å²) in [4.78, 5) is 23.6. The molecule has 3 nitrogen and oxygen atoms in total. The molecule has 0 saturated heterocycles. The van der Waals surface area contributed by atoms with Gasteiger partial charge in [-0.15, -0.1) is 0 Å². The van der Waals surface area contributed by atoms with Gasteiger partial charge < -0.3 is 9.53 Å². The Kier molecular flexibility index (Phi) is 3.98. The molecule has 0 radical (unpaired) electrons. The van der Waals surface area contributed by atoms with Crippen molar-refractivity contribution >= 4 is 12.3 Å². The number of aldehydes is 1. The van der Waals surface area contributed by atoms with Crippen molar-refractivity contribution in [1.82, 2.24) is 0 Å². The molecule has 0 bridgehead atoms. The SMILES string of the molecule is CC1(C)[C@@H](C(=O)OCc2ccccc2)CC[C@@]1(C)C=O. The molecular formula is C17H22O3. The summed E-state index contributed by atoms with van der Waals surface area (Å²) >= 11 is 0. The molecule has 0 unspecified atom stereocenters. The van der Waals surface area contributed by atoms with E-state index in [0.29, 0.717) is 6.61 Å². The van der Waals surface area contributed by atoms with Gasteiger partial charge in [0.25, 0.3) is 0 Å². The van der Waals surface area contributed by atoms with Crippen LogP contribution in [0.25, 0.3) is 0 Å². The first-order valence-electron chi connectivity index (χ1n) is 7.07. The van der Waals surface area contributed by atoms with Crippen LogP contribution in [-0.4, -0.2) is 12.3 Å². The Labute approximate surface area is 120 Å². The Morgan fingerprint density at radius 2 is 1.95 bits per heavy atom. The van der Waals surface area contributed by atoms with Gasteiger partial charge in [-0.25, -0.2) is 0 Å². The Hall–Kier alpha value is -1.64. The van der Waals surface area contributed by atoms with Crippen LogP contribution >= 0.6 is 0 Å². The van der Waals surface area contributed by atoms with Crippen LogP contribution in [0, 0.1) is 16.7 Å². The smallest absolute Gasteiger partial charge is 0.309 e. The number of carbonyl (C=O) groups is 2. The van der Waals surface area contributed by atoms with Gasteiger partial charge >= 0.3 is 5.97 Å². The van der Waals surface area contributed by atoms with Crippen molar-refractivity contribution in [3.8, 4) is 0 Å². The molecule has 1 fully saturated rings.